The Hall–Kier alpha value is -2.37. The molecule has 0 aliphatic heterocycles. The van der Waals surface area contributed by atoms with Crippen LogP contribution in [0.4, 0.5) is 15.9 Å². The van der Waals surface area contributed by atoms with E-state index < -0.39 is 0 Å². The fourth-order valence-corrected chi connectivity index (χ4v) is 1.55. The lowest BCUT2D eigenvalue weighted by molar-refractivity contribution is -0.116. The van der Waals surface area contributed by atoms with Crippen LogP contribution in [-0.2, 0) is 11.3 Å². The number of halogens is 1. The first-order valence-corrected chi connectivity index (χ1v) is 5.40. The SMILES string of the molecule is Cc1c(F)cccc1NC(=O)Cn1ccc(N)n1. The van der Waals surface area contributed by atoms with Crippen LogP contribution in [0.25, 0.3) is 0 Å². The second-order valence-electron chi connectivity index (χ2n) is 3.90. The highest BCUT2D eigenvalue weighted by atomic mass is 19.1. The third kappa shape index (κ3) is 2.65. The molecular formula is C12H13FN4O. The molecule has 0 saturated carbocycles. The number of carbonyl (C=O) groups is 1. The van der Waals surface area contributed by atoms with Crippen molar-refractivity contribution < 1.29 is 9.18 Å². The second kappa shape index (κ2) is 4.87. The number of hydrogen-bond acceptors (Lipinski definition) is 3. The van der Waals surface area contributed by atoms with Crippen LogP contribution in [0.15, 0.2) is 30.5 Å². The number of benzene rings is 1. The summed E-state index contributed by atoms with van der Waals surface area (Å²) in [6, 6.07) is 6.14. The number of nitrogens with two attached hydrogens (primary N) is 1. The molecule has 94 valence electrons. The monoisotopic (exact) mass is 248 g/mol. The molecule has 0 atom stereocenters. The predicted molar refractivity (Wildman–Crippen MR) is 66.4 cm³/mol. The average Bonchev–Trinajstić information content (AvgIpc) is 2.70. The van der Waals surface area contributed by atoms with Gasteiger partial charge >= 0.3 is 0 Å². The zero-order valence-corrected chi connectivity index (χ0v) is 9.85. The standard InChI is InChI=1S/C12H13FN4O/c1-8-9(13)3-2-4-10(8)15-12(18)7-17-6-5-11(14)16-17/h2-6H,7H2,1H3,(H2,14,16)(H,15,18). The Labute approximate surface area is 103 Å². The topological polar surface area (TPSA) is 72.9 Å². The van der Waals surface area contributed by atoms with E-state index in [1.54, 1.807) is 31.3 Å². The van der Waals surface area contributed by atoms with Crippen molar-refractivity contribution in [2.45, 2.75) is 13.5 Å². The van der Waals surface area contributed by atoms with Crippen molar-refractivity contribution in [1.82, 2.24) is 9.78 Å². The summed E-state index contributed by atoms with van der Waals surface area (Å²) < 4.78 is 14.7. The molecule has 6 heteroatoms. The number of nitrogens with zero attached hydrogens (tertiary/aromatic N) is 2. The van der Waals surface area contributed by atoms with E-state index in [1.165, 1.54) is 10.7 Å². The Morgan fingerprint density at radius 1 is 1.50 bits per heavy atom. The zero-order chi connectivity index (χ0) is 13.1. The molecule has 1 aromatic carbocycles. The van der Waals surface area contributed by atoms with E-state index in [4.69, 9.17) is 5.73 Å². The number of anilines is 2. The van der Waals surface area contributed by atoms with Gasteiger partial charge < -0.3 is 11.1 Å². The lowest BCUT2D eigenvalue weighted by atomic mass is 10.2. The van der Waals surface area contributed by atoms with Crippen LogP contribution in [0, 0.1) is 12.7 Å². The van der Waals surface area contributed by atoms with Gasteiger partial charge in [-0.3, -0.25) is 9.48 Å². The van der Waals surface area contributed by atoms with Gasteiger partial charge in [0.05, 0.1) is 0 Å². The molecule has 3 N–H and O–H groups in total. The van der Waals surface area contributed by atoms with Crippen LogP contribution in [0.5, 0.6) is 0 Å². The van der Waals surface area contributed by atoms with Gasteiger partial charge in [0.25, 0.3) is 0 Å². The maximum atomic E-state index is 13.3. The maximum absolute atomic E-state index is 13.3. The number of amides is 1. The van der Waals surface area contributed by atoms with Gasteiger partial charge in [-0.1, -0.05) is 6.07 Å². The van der Waals surface area contributed by atoms with Gasteiger partial charge in [-0.15, -0.1) is 0 Å². The largest absolute Gasteiger partial charge is 0.382 e. The van der Waals surface area contributed by atoms with Crippen molar-refractivity contribution in [2.75, 3.05) is 11.1 Å². The van der Waals surface area contributed by atoms with Crippen LogP contribution in [0.2, 0.25) is 0 Å². The fourth-order valence-electron chi connectivity index (χ4n) is 1.55. The molecule has 0 saturated heterocycles. The smallest absolute Gasteiger partial charge is 0.246 e. The lowest BCUT2D eigenvalue weighted by Crippen LogP contribution is -2.19. The minimum Gasteiger partial charge on any atom is -0.382 e. The number of carbonyl (C=O) groups excluding carboxylic acids is 1. The molecule has 0 spiro atoms. The number of nitrogens with one attached hydrogen (secondary N) is 1. The van der Waals surface area contributed by atoms with Crippen LogP contribution in [0.1, 0.15) is 5.56 Å². The lowest BCUT2D eigenvalue weighted by Gasteiger charge is -2.08. The van der Waals surface area contributed by atoms with E-state index in [1.807, 2.05) is 0 Å². The zero-order valence-electron chi connectivity index (χ0n) is 9.85. The summed E-state index contributed by atoms with van der Waals surface area (Å²) in [4.78, 5) is 11.7. The summed E-state index contributed by atoms with van der Waals surface area (Å²) in [5.41, 5.74) is 6.30. The molecule has 18 heavy (non-hydrogen) atoms. The van der Waals surface area contributed by atoms with Gasteiger partial charge in [0, 0.05) is 17.4 Å². The van der Waals surface area contributed by atoms with E-state index >= 15 is 0 Å². The Morgan fingerprint density at radius 3 is 2.94 bits per heavy atom. The van der Waals surface area contributed by atoms with Gasteiger partial charge in [0.1, 0.15) is 18.2 Å². The number of rotatable bonds is 3. The molecular weight excluding hydrogens is 235 g/mol. The molecule has 0 fully saturated rings. The Morgan fingerprint density at radius 2 is 2.28 bits per heavy atom. The molecule has 0 aliphatic carbocycles. The van der Waals surface area contributed by atoms with Crippen molar-refractivity contribution in [3.8, 4) is 0 Å². The normalized spacial score (nSPS) is 10.3. The molecule has 1 amide bonds. The van der Waals surface area contributed by atoms with Crippen LogP contribution >= 0.6 is 0 Å². The first kappa shape index (κ1) is 12.1. The summed E-state index contributed by atoms with van der Waals surface area (Å²) in [5, 5.41) is 6.52. The van der Waals surface area contributed by atoms with Gasteiger partial charge in [-0.2, -0.15) is 5.10 Å². The summed E-state index contributed by atoms with van der Waals surface area (Å²) in [6.45, 7) is 1.64. The number of aromatic nitrogens is 2. The van der Waals surface area contributed by atoms with Crippen molar-refractivity contribution in [1.29, 1.82) is 0 Å². The first-order chi connectivity index (χ1) is 8.56. The van der Waals surface area contributed by atoms with Crippen molar-refractivity contribution in [2.24, 2.45) is 0 Å². The van der Waals surface area contributed by atoms with Gasteiger partial charge in [0.2, 0.25) is 5.91 Å². The number of hydrogen-bond donors (Lipinski definition) is 2. The van der Waals surface area contributed by atoms with Crippen molar-refractivity contribution in [3.63, 3.8) is 0 Å². The van der Waals surface area contributed by atoms with E-state index in [0.717, 1.165) is 0 Å². The third-order valence-electron chi connectivity index (χ3n) is 2.51. The molecule has 0 aliphatic rings. The predicted octanol–water partition coefficient (Wildman–Crippen LogP) is 1.55. The molecule has 2 aromatic rings. The van der Waals surface area contributed by atoms with Gasteiger partial charge in [0.15, 0.2) is 0 Å². The average molecular weight is 248 g/mol. The summed E-state index contributed by atoms with van der Waals surface area (Å²) in [5.74, 6) is -0.285. The summed E-state index contributed by atoms with van der Waals surface area (Å²) in [6.07, 6.45) is 1.60. The van der Waals surface area contributed by atoms with E-state index in [-0.39, 0.29) is 18.3 Å². The van der Waals surface area contributed by atoms with Crippen molar-refractivity contribution in [3.05, 3.63) is 41.8 Å². The minimum atomic E-state index is -0.351. The minimum absolute atomic E-state index is 0.0349. The van der Waals surface area contributed by atoms with E-state index in [2.05, 4.69) is 10.4 Å². The molecule has 1 aromatic heterocycles. The van der Waals surface area contributed by atoms with Gasteiger partial charge in [-0.05, 0) is 25.1 Å². The van der Waals surface area contributed by atoms with Gasteiger partial charge in [-0.25, -0.2) is 4.39 Å². The van der Waals surface area contributed by atoms with Crippen LogP contribution in [0.3, 0.4) is 0 Å². The molecule has 5 nitrogen and oxygen atoms in total. The van der Waals surface area contributed by atoms with Crippen LogP contribution in [-0.4, -0.2) is 15.7 Å². The highest BCUT2D eigenvalue weighted by molar-refractivity contribution is 5.91. The number of nitrogen functional groups attached to an aromatic ring is 1. The fraction of sp³-hybridized carbons (Fsp3) is 0.167. The molecule has 0 bridgehead atoms. The molecule has 0 unspecified atom stereocenters. The second-order valence-corrected chi connectivity index (χ2v) is 3.90. The Bertz CT molecular complexity index is 579. The highest BCUT2D eigenvalue weighted by Gasteiger charge is 2.08. The summed E-state index contributed by atoms with van der Waals surface area (Å²) in [7, 11) is 0. The highest BCUT2D eigenvalue weighted by Crippen LogP contribution is 2.17. The quantitative estimate of drug-likeness (QED) is 0.865. The molecule has 2 rings (SSSR count). The van der Waals surface area contributed by atoms with Crippen LogP contribution < -0.4 is 11.1 Å². The van der Waals surface area contributed by atoms with E-state index in [0.29, 0.717) is 17.1 Å². The summed E-state index contributed by atoms with van der Waals surface area (Å²) >= 11 is 0. The van der Waals surface area contributed by atoms with Crippen molar-refractivity contribution >= 4 is 17.4 Å². The van der Waals surface area contributed by atoms with E-state index in [9.17, 15) is 9.18 Å². The first-order valence-electron chi connectivity index (χ1n) is 5.40. The Kier molecular flexibility index (Phi) is 3.27. The molecule has 0 radical (unpaired) electrons. The molecule has 1 heterocycles. The Balaban J connectivity index is 2.05. The maximum Gasteiger partial charge on any atom is 0.246 e. The third-order valence-corrected chi connectivity index (χ3v) is 2.51.